The number of hydrogen-bond donors (Lipinski definition) is 2. The lowest BCUT2D eigenvalue weighted by atomic mass is 9.68. The minimum Gasteiger partial charge on any atom is -0.497 e. The van der Waals surface area contributed by atoms with Gasteiger partial charge in [-0.3, -0.25) is 9.78 Å². The summed E-state index contributed by atoms with van der Waals surface area (Å²) in [4.78, 5) is 23.1. The van der Waals surface area contributed by atoms with E-state index in [0.29, 0.717) is 43.9 Å². The molecule has 0 bridgehead atoms. The van der Waals surface area contributed by atoms with Gasteiger partial charge in [-0.25, -0.2) is 12.7 Å². The summed E-state index contributed by atoms with van der Waals surface area (Å²) in [5.74, 6) is 0.666. The highest BCUT2D eigenvalue weighted by atomic mass is 32.2. The van der Waals surface area contributed by atoms with Crippen molar-refractivity contribution in [2.45, 2.75) is 37.6 Å². The van der Waals surface area contributed by atoms with E-state index in [1.165, 1.54) is 0 Å². The number of nitrogens with zero attached hydrogens (tertiary/aromatic N) is 3. The molecule has 3 aromatic rings. The molecule has 36 heavy (non-hydrogen) atoms. The number of piperidine rings is 1. The van der Waals surface area contributed by atoms with E-state index in [0.717, 1.165) is 22.2 Å². The summed E-state index contributed by atoms with van der Waals surface area (Å²) in [6.07, 6.45) is 2.97. The van der Waals surface area contributed by atoms with Crippen molar-refractivity contribution >= 4 is 26.8 Å². The molecule has 1 amide bonds. The fraction of sp³-hybridized carbons (Fsp3) is 0.462. The monoisotopic (exact) mass is 512 g/mol. The van der Waals surface area contributed by atoms with Gasteiger partial charge < -0.3 is 19.7 Å². The van der Waals surface area contributed by atoms with Crippen LogP contribution in [0.1, 0.15) is 42.8 Å². The lowest BCUT2D eigenvalue weighted by molar-refractivity contribution is -0.136. The lowest BCUT2D eigenvalue weighted by Gasteiger charge is -2.50. The van der Waals surface area contributed by atoms with Gasteiger partial charge in [-0.1, -0.05) is 6.07 Å². The van der Waals surface area contributed by atoms with Gasteiger partial charge in [0.25, 0.3) is 0 Å². The summed E-state index contributed by atoms with van der Waals surface area (Å²) in [7, 11) is -1.68. The molecule has 0 saturated carbocycles. The maximum Gasteiger partial charge on any atom is 0.229 e. The van der Waals surface area contributed by atoms with Crippen LogP contribution in [0.5, 0.6) is 5.75 Å². The molecule has 0 radical (unpaired) electrons. The number of H-pyrrole nitrogens is 1. The Morgan fingerprint density at radius 1 is 1.25 bits per heavy atom. The Balaban J connectivity index is 1.59. The summed E-state index contributed by atoms with van der Waals surface area (Å²) in [6.45, 7) is 2.64. The van der Waals surface area contributed by atoms with Gasteiger partial charge in [0.2, 0.25) is 15.9 Å². The average molecular weight is 513 g/mol. The molecule has 5 rings (SSSR count). The highest BCUT2D eigenvalue weighted by Crippen LogP contribution is 2.49. The molecule has 9 nitrogen and oxygen atoms in total. The van der Waals surface area contributed by atoms with Crippen molar-refractivity contribution in [3.63, 3.8) is 0 Å². The predicted octanol–water partition coefficient (Wildman–Crippen LogP) is 2.37. The molecule has 4 heterocycles. The molecular weight excluding hydrogens is 480 g/mol. The second kappa shape index (κ2) is 9.49. The first-order chi connectivity index (χ1) is 17.3. The van der Waals surface area contributed by atoms with Crippen molar-refractivity contribution in [2.75, 3.05) is 39.1 Å². The van der Waals surface area contributed by atoms with Crippen molar-refractivity contribution in [1.82, 2.24) is 19.2 Å². The van der Waals surface area contributed by atoms with Gasteiger partial charge in [0.1, 0.15) is 5.75 Å². The maximum atomic E-state index is 13.6. The number of aliphatic hydroxyl groups is 1. The summed E-state index contributed by atoms with van der Waals surface area (Å²) >= 11 is 0. The van der Waals surface area contributed by atoms with Crippen molar-refractivity contribution < 1.29 is 23.1 Å². The first kappa shape index (κ1) is 24.7. The fourth-order valence-electron chi connectivity index (χ4n) is 5.81. The third-order valence-electron chi connectivity index (χ3n) is 7.74. The SMILES string of the molecule is CCS(=O)(=O)N1CCC2(CC1)CN(C(=O)Cc1ccccn1)[C@@H](CO)c1[nH]c3cc(OC)ccc3c12. The van der Waals surface area contributed by atoms with Crippen LogP contribution in [0.15, 0.2) is 42.6 Å². The van der Waals surface area contributed by atoms with Gasteiger partial charge in [-0.2, -0.15) is 0 Å². The quantitative estimate of drug-likeness (QED) is 0.524. The van der Waals surface area contributed by atoms with Crippen LogP contribution in [0.4, 0.5) is 0 Å². The van der Waals surface area contributed by atoms with E-state index in [1.807, 2.05) is 36.4 Å². The summed E-state index contributed by atoms with van der Waals surface area (Å²) < 4.78 is 32.1. The Kier molecular flexibility index (Phi) is 6.52. The number of carbonyl (C=O) groups excluding carboxylic acids is 1. The molecule has 192 valence electrons. The van der Waals surface area contributed by atoms with Crippen molar-refractivity contribution in [3.8, 4) is 5.75 Å². The van der Waals surface area contributed by atoms with E-state index in [2.05, 4.69) is 9.97 Å². The molecule has 10 heteroatoms. The van der Waals surface area contributed by atoms with E-state index < -0.39 is 21.5 Å². The molecule has 0 unspecified atom stereocenters. The summed E-state index contributed by atoms with van der Waals surface area (Å²) in [5, 5.41) is 11.5. The first-order valence-electron chi connectivity index (χ1n) is 12.3. The van der Waals surface area contributed by atoms with E-state index in [1.54, 1.807) is 29.4 Å². The molecule has 0 aliphatic carbocycles. The molecule has 2 aliphatic heterocycles. The van der Waals surface area contributed by atoms with Crippen molar-refractivity contribution in [3.05, 3.63) is 59.5 Å². The molecule has 2 aromatic heterocycles. The zero-order valence-corrected chi connectivity index (χ0v) is 21.4. The normalized spacial score (nSPS) is 20.0. The van der Waals surface area contributed by atoms with Gasteiger partial charge in [0.05, 0.1) is 31.9 Å². The summed E-state index contributed by atoms with van der Waals surface area (Å²) in [5.41, 5.74) is 3.00. The molecule has 1 spiro atoms. The average Bonchev–Trinajstić information content (AvgIpc) is 3.29. The van der Waals surface area contributed by atoms with Gasteiger partial charge in [-0.05, 0) is 49.6 Å². The molecule has 1 atom stereocenters. The van der Waals surface area contributed by atoms with Crippen LogP contribution < -0.4 is 4.74 Å². The number of methoxy groups -OCH3 is 1. The highest BCUT2D eigenvalue weighted by Gasteiger charge is 2.49. The number of ether oxygens (including phenoxy) is 1. The second-order valence-corrected chi connectivity index (χ2v) is 11.9. The van der Waals surface area contributed by atoms with Crippen LogP contribution >= 0.6 is 0 Å². The van der Waals surface area contributed by atoms with E-state index in [9.17, 15) is 18.3 Å². The van der Waals surface area contributed by atoms with Crippen LogP contribution in [-0.4, -0.2) is 77.7 Å². The van der Waals surface area contributed by atoms with Crippen LogP contribution in [0, 0.1) is 0 Å². The maximum absolute atomic E-state index is 13.6. The number of fused-ring (bicyclic) bond motifs is 4. The number of aromatic amines is 1. The number of carbonyl (C=O) groups is 1. The largest absolute Gasteiger partial charge is 0.497 e. The molecular formula is C26H32N4O5S. The van der Waals surface area contributed by atoms with Crippen molar-refractivity contribution in [2.24, 2.45) is 0 Å². The Hall–Kier alpha value is -2.95. The minimum atomic E-state index is -3.30. The lowest BCUT2D eigenvalue weighted by Crippen LogP contribution is -2.56. The number of aromatic nitrogens is 2. The number of benzene rings is 1. The number of aliphatic hydroxyl groups excluding tert-OH is 1. The van der Waals surface area contributed by atoms with Gasteiger partial charge >= 0.3 is 0 Å². The summed E-state index contributed by atoms with van der Waals surface area (Å²) in [6, 6.07) is 10.8. The van der Waals surface area contributed by atoms with Gasteiger partial charge in [0.15, 0.2) is 0 Å². The topological polar surface area (TPSA) is 116 Å². The van der Waals surface area contributed by atoms with Crippen molar-refractivity contribution in [1.29, 1.82) is 0 Å². The number of hydrogen-bond acceptors (Lipinski definition) is 6. The second-order valence-electron chi connectivity index (χ2n) is 9.62. The van der Waals surface area contributed by atoms with Crippen LogP contribution in [0.25, 0.3) is 10.9 Å². The van der Waals surface area contributed by atoms with E-state index >= 15 is 0 Å². The first-order valence-corrected chi connectivity index (χ1v) is 13.9. The van der Waals surface area contributed by atoms with Gasteiger partial charge in [0, 0.05) is 59.6 Å². The standard InChI is InChI=1S/C26H32N4O5S/c1-3-36(33,34)29-12-9-26(10-13-29)17-30(23(32)14-18-6-4-5-11-27-18)22(16-31)25-24(26)20-8-7-19(35-2)15-21(20)28-25/h4-8,11,15,22,28,31H,3,9-10,12-14,16-17H2,1-2H3/t22-/m0/s1. The van der Waals surface area contributed by atoms with Crippen LogP contribution in [-0.2, 0) is 26.7 Å². The Bertz CT molecular complexity index is 1360. The molecule has 1 aromatic carbocycles. The molecule has 1 saturated heterocycles. The predicted molar refractivity (Wildman–Crippen MR) is 136 cm³/mol. The molecule has 1 fully saturated rings. The zero-order valence-electron chi connectivity index (χ0n) is 20.6. The smallest absolute Gasteiger partial charge is 0.229 e. The number of rotatable bonds is 6. The molecule has 2 N–H and O–H groups in total. The number of amides is 1. The van der Waals surface area contributed by atoms with Gasteiger partial charge in [-0.15, -0.1) is 0 Å². The number of nitrogens with one attached hydrogen (secondary N) is 1. The Labute approximate surface area is 211 Å². The zero-order chi connectivity index (χ0) is 25.5. The van der Waals surface area contributed by atoms with E-state index in [-0.39, 0.29) is 24.7 Å². The highest BCUT2D eigenvalue weighted by molar-refractivity contribution is 7.89. The third kappa shape index (κ3) is 4.16. The molecule has 2 aliphatic rings. The van der Waals surface area contributed by atoms with E-state index in [4.69, 9.17) is 4.74 Å². The number of pyridine rings is 1. The van der Waals surface area contributed by atoms with Crippen LogP contribution in [0.2, 0.25) is 0 Å². The third-order valence-corrected chi connectivity index (χ3v) is 9.62. The minimum absolute atomic E-state index is 0.0689. The number of sulfonamides is 1. The Morgan fingerprint density at radius 2 is 2.03 bits per heavy atom. The Morgan fingerprint density at radius 3 is 2.67 bits per heavy atom. The fourth-order valence-corrected chi connectivity index (χ4v) is 6.92. The van der Waals surface area contributed by atoms with Crippen LogP contribution in [0.3, 0.4) is 0 Å².